The fraction of sp³-hybridized carbons (Fsp3) is 0.429. The third-order valence-corrected chi connectivity index (χ3v) is 3.29. The molecule has 9 nitrogen and oxygen atoms in total. The zero-order valence-corrected chi connectivity index (χ0v) is 10.8. The van der Waals surface area contributed by atoms with Gasteiger partial charge in [-0.1, -0.05) is 11.8 Å². The highest BCUT2D eigenvalue weighted by Gasteiger charge is 2.20. The maximum atomic E-state index is 11.2. The first-order chi connectivity index (χ1) is 8.28. The molecule has 0 bridgehead atoms. The summed E-state index contributed by atoms with van der Waals surface area (Å²) in [6.07, 6.45) is 0.674. The molecular weight excluding hydrogens is 285 g/mol. The van der Waals surface area contributed by atoms with Crippen LogP contribution < -0.4 is 11.1 Å². The van der Waals surface area contributed by atoms with E-state index < -0.39 is 25.8 Å². The van der Waals surface area contributed by atoms with Gasteiger partial charge in [-0.15, -0.1) is 0 Å². The van der Waals surface area contributed by atoms with Crippen molar-refractivity contribution in [2.45, 2.75) is 0 Å². The summed E-state index contributed by atoms with van der Waals surface area (Å²) in [5.74, 6) is -1.10. The van der Waals surface area contributed by atoms with Crippen LogP contribution in [0.3, 0.4) is 0 Å². The van der Waals surface area contributed by atoms with Crippen molar-refractivity contribution in [3.8, 4) is 0 Å². The second-order valence-corrected chi connectivity index (χ2v) is 5.89. The fourth-order valence-corrected chi connectivity index (χ4v) is 2.12. The topological polar surface area (TPSA) is 142 Å². The molecule has 0 saturated carbocycles. The first-order valence-electron chi connectivity index (χ1n) is 4.65. The molecule has 11 heteroatoms. The van der Waals surface area contributed by atoms with Gasteiger partial charge in [0.1, 0.15) is 5.88 Å². The summed E-state index contributed by atoms with van der Waals surface area (Å²) < 4.78 is 10.5. The Bertz CT molecular complexity index is 421. The average Bonchev–Trinajstić information content (AvgIpc) is 2.64. The van der Waals surface area contributed by atoms with Crippen molar-refractivity contribution in [3.05, 3.63) is 11.1 Å². The van der Waals surface area contributed by atoms with E-state index in [4.69, 9.17) is 20.4 Å². The summed E-state index contributed by atoms with van der Waals surface area (Å²) in [5, 5.41) is 3.37. The number of carbonyl (C=O) groups excluding carboxylic acids is 2. The molecule has 1 aliphatic rings. The van der Waals surface area contributed by atoms with Crippen LogP contribution in [0.2, 0.25) is 0 Å². The van der Waals surface area contributed by atoms with Crippen molar-refractivity contribution in [1.82, 2.24) is 10.4 Å². The van der Waals surface area contributed by atoms with Gasteiger partial charge < -0.3 is 20.4 Å². The van der Waals surface area contributed by atoms with Gasteiger partial charge in [-0.3, -0.25) is 14.7 Å². The summed E-state index contributed by atoms with van der Waals surface area (Å²) in [6.45, 7) is -0.355. The Balaban J connectivity index is 2.30. The Hall–Kier alpha value is -1.06. The molecule has 1 heterocycles. The van der Waals surface area contributed by atoms with Crippen molar-refractivity contribution < 1.29 is 28.8 Å². The van der Waals surface area contributed by atoms with Crippen LogP contribution in [0.25, 0.3) is 0 Å². The van der Waals surface area contributed by atoms with Crippen molar-refractivity contribution >= 4 is 31.2 Å². The van der Waals surface area contributed by atoms with E-state index in [1.807, 2.05) is 0 Å². The molecular formula is C7H12N3O6PS. The smallest absolute Gasteiger partial charge is 0.346 e. The molecule has 0 spiro atoms. The van der Waals surface area contributed by atoms with Gasteiger partial charge in [0.15, 0.2) is 0 Å². The molecule has 0 aromatic carbocycles. The lowest BCUT2D eigenvalue weighted by atomic mass is 10.6. The molecule has 0 aromatic rings. The summed E-state index contributed by atoms with van der Waals surface area (Å²) in [7, 11) is -4.19. The van der Waals surface area contributed by atoms with E-state index in [2.05, 4.69) is 5.32 Å². The number of hydrogen-bond acceptors (Lipinski definition) is 7. The summed E-state index contributed by atoms with van der Waals surface area (Å²) >= 11 is 1.12. The Labute approximate surface area is 106 Å². The molecule has 1 rings (SSSR count). The maximum absolute atomic E-state index is 11.2. The van der Waals surface area contributed by atoms with E-state index in [0.29, 0.717) is 0 Å². The summed E-state index contributed by atoms with van der Waals surface area (Å²) in [4.78, 5) is 44.1. The number of nitrogens with one attached hydrogen (secondary N) is 1. The van der Waals surface area contributed by atoms with Gasteiger partial charge in [0, 0.05) is 0 Å². The van der Waals surface area contributed by atoms with Crippen LogP contribution >= 0.6 is 19.4 Å². The Morgan fingerprint density at radius 1 is 1.61 bits per heavy atom. The van der Waals surface area contributed by atoms with Crippen molar-refractivity contribution in [1.29, 1.82) is 0 Å². The quantitative estimate of drug-likeness (QED) is 0.431. The molecule has 1 aliphatic heterocycles. The first-order valence-corrected chi connectivity index (χ1v) is 7.43. The molecule has 0 unspecified atom stereocenters. The van der Waals surface area contributed by atoms with Crippen LogP contribution in [-0.2, 0) is 19.0 Å². The van der Waals surface area contributed by atoms with E-state index in [0.717, 1.165) is 16.8 Å². The van der Waals surface area contributed by atoms with Crippen molar-refractivity contribution in [2.75, 3.05) is 18.7 Å². The van der Waals surface area contributed by atoms with E-state index >= 15 is 0 Å². The predicted octanol–water partition coefficient (Wildman–Crippen LogP) is -1.50. The maximum Gasteiger partial charge on any atom is 0.346 e. The van der Waals surface area contributed by atoms with Crippen molar-refractivity contribution in [2.24, 2.45) is 5.73 Å². The fourth-order valence-electron chi connectivity index (χ4n) is 0.993. The zero-order valence-electron chi connectivity index (χ0n) is 9.11. The van der Waals surface area contributed by atoms with Gasteiger partial charge in [-0.25, -0.2) is 9.86 Å². The third kappa shape index (κ3) is 5.52. The van der Waals surface area contributed by atoms with Crippen LogP contribution in [0.15, 0.2) is 11.1 Å². The van der Waals surface area contributed by atoms with Gasteiger partial charge in [0.2, 0.25) is 0 Å². The lowest BCUT2D eigenvalue weighted by molar-refractivity contribution is -0.173. The van der Waals surface area contributed by atoms with Crippen LogP contribution in [0, 0.1) is 0 Å². The summed E-state index contributed by atoms with van der Waals surface area (Å²) in [6, 6.07) is 0. The minimum absolute atomic E-state index is 0.239. The Morgan fingerprint density at radius 2 is 2.28 bits per heavy atom. The number of thioether (sulfide) groups is 1. The lowest BCUT2D eigenvalue weighted by Crippen LogP contribution is -2.29. The van der Waals surface area contributed by atoms with Crippen LogP contribution in [0.1, 0.15) is 0 Å². The molecule has 1 amide bonds. The molecule has 0 aliphatic carbocycles. The lowest BCUT2D eigenvalue weighted by Gasteiger charge is -2.13. The number of nitrogens with zero attached hydrogens (tertiary/aromatic N) is 1. The minimum Gasteiger partial charge on any atom is -0.365 e. The predicted molar refractivity (Wildman–Crippen MR) is 62.6 cm³/mol. The highest BCUT2D eigenvalue weighted by Crippen LogP contribution is 2.31. The van der Waals surface area contributed by atoms with Gasteiger partial charge in [-0.2, -0.15) is 0 Å². The number of rotatable bonds is 6. The molecule has 0 atom stereocenters. The van der Waals surface area contributed by atoms with E-state index in [9.17, 15) is 14.2 Å². The van der Waals surface area contributed by atoms with E-state index in [1.54, 1.807) is 0 Å². The second-order valence-electron chi connectivity index (χ2n) is 3.26. The minimum atomic E-state index is -4.19. The number of primary amides is 1. The molecule has 0 aromatic heterocycles. The zero-order chi connectivity index (χ0) is 13.8. The van der Waals surface area contributed by atoms with Crippen LogP contribution in [0.5, 0.6) is 0 Å². The average molecular weight is 297 g/mol. The first kappa shape index (κ1) is 15.0. The highest BCUT2D eigenvalue weighted by molar-refractivity contribution is 8.04. The largest absolute Gasteiger partial charge is 0.365 e. The van der Waals surface area contributed by atoms with Gasteiger partial charge in [0.25, 0.3) is 5.91 Å². The molecule has 0 saturated heterocycles. The van der Waals surface area contributed by atoms with E-state index in [-0.39, 0.29) is 17.3 Å². The molecule has 0 fully saturated rings. The van der Waals surface area contributed by atoms with Gasteiger partial charge >= 0.3 is 13.6 Å². The highest BCUT2D eigenvalue weighted by atomic mass is 32.2. The van der Waals surface area contributed by atoms with Gasteiger partial charge in [-0.05, 0) is 0 Å². The molecule has 5 N–H and O–H groups in total. The van der Waals surface area contributed by atoms with Crippen LogP contribution in [0.4, 0.5) is 0 Å². The van der Waals surface area contributed by atoms with Crippen molar-refractivity contribution in [3.63, 3.8) is 0 Å². The SMILES string of the molecule is NC(=O)C1=CN(OC(=O)CNCP(=O)(O)O)CS1. The number of hydrogen-bond donors (Lipinski definition) is 4. The van der Waals surface area contributed by atoms with Crippen LogP contribution in [-0.4, -0.2) is 45.4 Å². The normalized spacial score (nSPS) is 15.4. The Kier molecular flexibility index (Phi) is 5.17. The monoisotopic (exact) mass is 297 g/mol. The Morgan fingerprint density at radius 3 is 2.78 bits per heavy atom. The summed E-state index contributed by atoms with van der Waals surface area (Å²) in [5.41, 5.74) is 5.02. The third-order valence-electron chi connectivity index (χ3n) is 1.66. The van der Waals surface area contributed by atoms with Gasteiger partial charge in [0.05, 0.1) is 23.9 Å². The standard InChI is InChI=1S/C7H12N3O6PS/c8-7(12)5-2-10(4-18-5)16-6(11)1-9-3-17(13,14)15/h2,9H,1,3-4H2,(H2,8,12)(H2,13,14,15). The number of nitrogens with two attached hydrogens (primary N) is 1. The number of hydroxylamine groups is 2. The van der Waals surface area contributed by atoms with E-state index in [1.165, 1.54) is 6.20 Å². The molecule has 18 heavy (non-hydrogen) atoms. The molecule has 102 valence electrons. The number of amides is 1. The number of carbonyl (C=O) groups is 2. The molecule has 0 radical (unpaired) electrons. The second kappa shape index (κ2) is 6.21.